The zero-order chi connectivity index (χ0) is 6.15. The fourth-order valence-electron chi connectivity index (χ4n) is 0.262. The van der Waals surface area contributed by atoms with Gasteiger partial charge in [0.25, 0.3) is 11.7 Å². The Morgan fingerprint density at radius 3 is 2.25 bits per heavy atom. The van der Waals surface area contributed by atoms with Crippen molar-refractivity contribution >= 4 is 0 Å². The highest BCUT2D eigenvalue weighted by molar-refractivity contribution is 5.15. The molecular weight excluding hydrogens is 117 g/mol. The monoisotopic (exact) mass is 119 g/mol. The number of rotatable bonds is 0. The lowest BCUT2D eigenvalue weighted by Gasteiger charge is -1.74. The molecule has 5 heteroatoms. The summed E-state index contributed by atoms with van der Waals surface area (Å²) in [6, 6.07) is 0. The lowest BCUT2D eigenvalue weighted by atomic mass is 10.6. The van der Waals surface area contributed by atoms with Crippen LogP contribution in [0, 0.1) is 5.82 Å². The first-order valence-corrected chi connectivity index (χ1v) is 1.75. The molecule has 2 N–H and O–H groups in total. The van der Waals surface area contributed by atoms with Gasteiger partial charge in [-0.2, -0.15) is 4.39 Å². The van der Waals surface area contributed by atoms with E-state index in [1.165, 1.54) is 0 Å². The Balaban J connectivity index is 3.19. The summed E-state index contributed by atoms with van der Waals surface area (Å²) in [7, 11) is 0. The van der Waals surface area contributed by atoms with E-state index in [0.29, 0.717) is 0 Å². The van der Waals surface area contributed by atoms with Gasteiger partial charge in [-0.15, -0.1) is 0 Å². The summed E-state index contributed by atoms with van der Waals surface area (Å²) in [5, 5.41) is 19.0. The molecule has 0 amide bonds. The van der Waals surface area contributed by atoms with E-state index in [-0.39, 0.29) is 0 Å². The lowest BCUT2D eigenvalue weighted by Crippen LogP contribution is -1.65. The summed E-state index contributed by atoms with van der Waals surface area (Å²) in [6.07, 6.45) is 0. The molecule has 1 heterocycles. The van der Waals surface area contributed by atoms with E-state index in [1.54, 1.807) is 0 Å². The maximum Gasteiger partial charge on any atom is 0.349 e. The molecule has 0 unspecified atom stereocenters. The van der Waals surface area contributed by atoms with E-state index < -0.39 is 17.6 Å². The zero-order valence-electron chi connectivity index (χ0n) is 3.63. The Hall–Kier alpha value is -1.26. The van der Waals surface area contributed by atoms with E-state index in [2.05, 4.69) is 9.68 Å². The third-order valence-corrected chi connectivity index (χ3v) is 0.603. The molecule has 0 aliphatic carbocycles. The largest absolute Gasteiger partial charge is 0.489 e. The van der Waals surface area contributed by atoms with Crippen LogP contribution in [0.15, 0.2) is 4.52 Å². The van der Waals surface area contributed by atoms with Gasteiger partial charge in [0.15, 0.2) is 0 Å². The summed E-state index contributed by atoms with van der Waals surface area (Å²) in [4.78, 5) is 0. The molecule has 0 aliphatic rings. The molecule has 0 atom stereocenters. The van der Waals surface area contributed by atoms with Gasteiger partial charge in [0.1, 0.15) is 0 Å². The summed E-state index contributed by atoms with van der Waals surface area (Å²) in [5.41, 5.74) is 0. The normalized spacial score (nSPS) is 9.62. The summed E-state index contributed by atoms with van der Waals surface area (Å²) in [6.45, 7) is 0. The Morgan fingerprint density at radius 2 is 2.12 bits per heavy atom. The molecule has 0 aromatic carbocycles. The van der Waals surface area contributed by atoms with E-state index >= 15 is 0 Å². The first kappa shape index (κ1) is 4.89. The number of halogens is 1. The molecule has 0 spiro atoms. The third kappa shape index (κ3) is 0.481. The zero-order valence-corrected chi connectivity index (χ0v) is 3.63. The summed E-state index contributed by atoms with van der Waals surface area (Å²) in [5.74, 6) is -3.16. The van der Waals surface area contributed by atoms with Crippen molar-refractivity contribution in [1.29, 1.82) is 0 Å². The smallest absolute Gasteiger partial charge is 0.349 e. The fraction of sp³-hybridized carbons (Fsp3) is 0. The molecule has 0 radical (unpaired) electrons. The molecule has 1 aromatic rings. The van der Waals surface area contributed by atoms with Crippen LogP contribution >= 0.6 is 0 Å². The molecule has 0 bridgehead atoms. The van der Waals surface area contributed by atoms with Crippen LogP contribution in [0.3, 0.4) is 0 Å². The van der Waals surface area contributed by atoms with Crippen LogP contribution in [0.2, 0.25) is 0 Å². The molecule has 0 saturated carbocycles. The van der Waals surface area contributed by atoms with Crippen molar-refractivity contribution < 1.29 is 19.1 Å². The van der Waals surface area contributed by atoms with Crippen molar-refractivity contribution in [3.63, 3.8) is 0 Å². The van der Waals surface area contributed by atoms with Crippen LogP contribution in [0.5, 0.6) is 11.8 Å². The molecular formula is C3H2FNO3. The standard InChI is InChI=1S/C3H2FNO3/c4-1-2(6)5-8-3(1)7/h7H,(H,5,6). The van der Waals surface area contributed by atoms with Gasteiger partial charge in [-0.25, -0.2) is 0 Å². The molecule has 8 heavy (non-hydrogen) atoms. The van der Waals surface area contributed by atoms with Crippen LogP contribution in [0.25, 0.3) is 0 Å². The van der Waals surface area contributed by atoms with Gasteiger partial charge < -0.3 is 14.7 Å². The molecule has 0 fully saturated rings. The number of aromatic nitrogens is 1. The molecule has 0 aliphatic heterocycles. The fourth-order valence-corrected chi connectivity index (χ4v) is 0.262. The quantitative estimate of drug-likeness (QED) is 0.512. The maximum atomic E-state index is 11.8. The van der Waals surface area contributed by atoms with Gasteiger partial charge in [-0.3, -0.25) is 0 Å². The predicted octanol–water partition coefficient (Wildman–Crippen LogP) is 0.225. The average Bonchev–Trinajstić information content (AvgIpc) is 1.98. The first-order valence-electron chi connectivity index (χ1n) is 1.75. The predicted molar refractivity (Wildman–Crippen MR) is 19.8 cm³/mol. The minimum atomic E-state index is -1.23. The van der Waals surface area contributed by atoms with E-state index in [4.69, 9.17) is 10.2 Å². The second-order valence-electron chi connectivity index (χ2n) is 1.13. The highest BCUT2D eigenvalue weighted by Gasteiger charge is 2.11. The van der Waals surface area contributed by atoms with Crippen molar-refractivity contribution in [3.8, 4) is 11.8 Å². The van der Waals surface area contributed by atoms with Crippen LogP contribution in [-0.4, -0.2) is 15.4 Å². The molecule has 44 valence electrons. The molecule has 0 saturated heterocycles. The topological polar surface area (TPSA) is 66.5 Å². The summed E-state index contributed by atoms with van der Waals surface area (Å²) < 4.78 is 15.6. The van der Waals surface area contributed by atoms with Gasteiger partial charge in [0.05, 0.1) is 0 Å². The van der Waals surface area contributed by atoms with Gasteiger partial charge in [0.2, 0.25) is 0 Å². The van der Waals surface area contributed by atoms with Gasteiger partial charge in [-0.1, -0.05) is 0 Å². The van der Waals surface area contributed by atoms with E-state index in [9.17, 15) is 4.39 Å². The molecule has 4 nitrogen and oxygen atoms in total. The van der Waals surface area contributed by atoms with Gasteiger partial charge in [-0.05, 0) is 5.16 Å². The van der Waals surface area contributed by atoms with Crippen LogP contribution < -0.4 is 0 Å². The van der Waals surface area contributed by atoms with Crippen molar-refractivity contribution in [2.45, 2.75) is 0 Å². The van der Waals surface area contributed by atoms with Gasteiger partial charge >= 0.3 is 5.95 Å². The average molecular weight is 119 g/mol. The number of hydrogen-bond acceptors (Lipinski definition) is 4. The van der Waals surface area contributed by atoms with E-state index in [1.807, 2.05) is 0 Å². The minimum absolute atomic E-state index is 0.928. The van der Waals surface area contributed by atoms with Gasteiger partial charge in [0, 0.05) is 0 Å². The third-order valence-electron chi connectivity index (χ3n) is 0.603. The van der Waals surface area contributed by atoms with Crippen molar-refractivity contribution in [3.05, 3.63) is 5.82 Å². The summed E-state index contributed by atoms with van der Waals surface area (Å²) >= 11 is 0. The molecule has 1 aromatic heterocycles. The number of hydrogen-bond donors (Lipinski definition) is 2. The Morgan fingerprint density at radius 1 is 1.50 bits per heavy atom. The highest BCUT2D eigenvalue weighted by Crippen LogP contribution is 2.21. The van der Waals surface area contributed by atoms with E-state index in [0.717, 1.165) is 0 Å². The van der Waals surface area contributed by atoms with Crippen LogP contribution in [0.4, 0.5) is 4.39 Å². The second kappa shape index (κ2) is 1.36. The lowest BCUT2D eigenvalue weighted by molar-refractivity contribution is 0.260. The Bertz CT molecular complexity index is 177. The molecule has 1 rings (SSSR count). The Labute approximate surface area is 43.2 Å². The van der Waals surface area contributed by atoms with Crippen LogP contribution in [0.1, 0.15) is 0 Å². The maximum absolute atomic E-state index is 11.8. The number of nitrogens with zero attached hydrogens (tertiary/aromatic N) is 1. The van der Waals surface area contributed by atoms with Crippen molar-refractivity contribution in [2.24, 2.45) is 0 Å². The SMILES string of the molecule is Oc1noc(O)c1F. The second-order valence-corrected chi connectivity index (χ2v) is 1.13. The Kier molecular flexibility index (Phi) is 0.831. The van der Waals surface area contributed by atoms with Crippen molar-refractivity contribution in [2.75, 3.05) is 0 Å². The number of aromatic hydroxyl groups is 2. The minimum Gasteiger partial charge on any atom is -0.489 e. The van der Waals surface area contributed by atoms with Crippen molar-refractivity contribution in [1.82, 2.24) is 5.16 Å². The highest BCUT2D eigenvalue weighted by atomic mass is 19.1. The first-order chi connectivity index (χ1) is 3.72. The van der Waals surface area contributed by atoms with Crippen LogP contribution in [-0.2, 0) is 0 Å².